The van der Waals surface area contributed by atoms with Crippen LogP contribution in [-0.2, 0) is 4.79 Å². The first-order chi connectivity index (χ1) is 16.1. The summed E-state index contributed by atoms with van der Waals surface area (Å²) in [5, 5.41) is 20.2. The van der Waals surface area contributed by atoms with Crippen LogP contribution in [0.2, 0.25) is 0 Å². The highest BCUT2D eigenvalue weighted by Crippen LogP contribution is 2.28. The fourth-order valence-corrected chi connectivity index (χ4v) is 1.18. The lowest BCUT2D eigenvalue weighted by atomic mass is 10.1. The van der Waals surface area contributed by atoms with Crippen molar-refractivity contribution in [1.29, 1.82) is 0 Å². The summed E-state index contributed by atoms with van der Waals surface area (Å²) in [4.78, 5) is 33.7. The molecule has 0 spiro atoms. The summed E-state index contributed by atoms with van der Waals surface area (Å²) in [6.45, 7) is -3.90. The minimum Gasteiger partial charge on any atom is -0.478 e. The zero-order valence-electron chi connectivity index (χ0n) is 25.7. The quantitative estimate of drug-likeness (QED) is 0.322. The second-order valence-electron chi connectivity index (χ2n) is 3.38. The SMILES string of the molecule is [2H]C([2H])([2H])C([2H])([2H])C([2H])([2H])C([2H])([2H])C([2H])([2H])C([2H])([2H])C([2H])([2H])C(=O)Oc1cc(C(=O)O)ccc1[N+](=O)[O-]. The number of hydrogen-bond donors (Lipinski definition) is 1. The Labute approximate surface area is 149 Å². The fourth-order valence-electron chi connectivity index (χ4n) is 1.18. The summed E-state index contributed by atoms with van der Waals surface area (Å²) >= 11 is 0. The number of ether oxygens (including phenoxy) is 1. The molecule has 0 heterocycles. The lowest BCUT2D eigenvalue weighted by Gasteiger charge is -2.06. The third kappa shape index (κ3) is 5.51. The van der Waals surface area contributed by atoms with Crippen LogP contribution >= 0.6 is 0 Å². The first-order valence-corrected chi connectivity index (χ1v) is 5.37. The minimum atomic E-state index is -4.51. The molecule has 1 aromatic rings. The molecule has 0 amide bonds. The lowest BCUT2D eigenvalue weighted by molar-refractivity contribution is -0.385. The van der Waals surface area contributed by atoms with E-state index in [1.807, 2.05) is 0 Å². The number of carboxylic acids is 1. The van der Waals surface area contributed by atoms with Crippen LogP contribution in [0, 0.1) is 10.1 Å². The van der Waals surface area contributed by atoms with E-state index in [0.29, 0.717) is 12.1 Å². The van der Waals surface area contributed by atoms with Gasteiger partial charge in [0.1, 0.15) is 0 Å². The Morgan fingerprint density at radius 2 is 2.09 bits per heavy atom. The zero-order chi connectivity index (χ0) is 29.8. The van der Waals surface area contributed by atoms with Crippen molar-refractivity contribution in [3.63, 3.8) is 0 Å². The van der Waals surface area contributed by atoms with E-state index in [1.54, 1.807) is 0 Å². The maximum atomic E-state index is 12.6. The van der Waals surface area contributed by atoms with Gasteiger partial charge in [0.2, 0.25) is 5.75 Å². The van der Waals surface area contributed by atoms with E-state index in [2.05, 4.69) is 4.74 Å². The molecule has 0 aromatic heterocycles. The van der Waals surface area contributed by atoms with Crippen LogP contribution in [0.1, 0.15) is 76.0 Å². The van der Waals surface area contributed by atoms with Crippen molar-refractivity contribution in [3.8, 4) is 5.75 Å². The van der Waals surface area contributed by atoms with Gasteiger partial charge in [-0.2, -0.15) is 0 Å². The summed E-state index contributed by atoms with van der Waals surface area (Å²) in [6.07, 6.45) is -26.3. The van der Waals surface area contributed by atoms with Gasteiger partial charge in [-0.1, -0.05) is 32.3 Å². The number of carboxylic acid groups (broad SMARTS) is 1. The molecule has 1 aromatic carbocycles. The molecule has 0 atom stereocenters. The van der Waals surface area contributed by atoms with Gasteiger partial charge in [-0.3, -0.25) is 14.9 Å². The van der Waals surface area contributed by atoms with Gasteiger partial charge in [0.05, 0.1) is 10.5 Å². The highest BCUT2D eigenvalue weighted by atomic mass is 16.6. The zero-order valence-corrected chi connectivity index (χ0v) is 10.7. The van der Waals surface area contributed by atoms with Gasteiger partial charge < -0.3 is 9.84 Å². The van der Waals surface area contributed by atoms with Crippen molar-refractivity contribution >= 4 is 17.6 Å². The van der Waals surface area contributed by atoms with E-state index in [4.69, 9.17) is 25.7 Å². The van der Waals surface area contributed by atoms with Gasteiger partial charge >= 0.3 is 17.6 Å². The second kappa shape index (κ2) is 8.76. The minimum absolute atomic E-state index is 0.404. The molecule has 7 heteroatoms. The Bertz CT molecular complexity index is 1100. The molecular weight excluding hydrogens is 290 g/mol. The van der Waals surface area contributed by atoms with E-state index < -0.39 is 79.0 Å². The maximum absolute atomic E-state index is 12.6. The molecule has 1 rings (SSSR count). The maximum Gasteiger partial charge on any atom is 0.335 e. The molecule has 0 unspecified atom stereocenters. The fraction of sp³-hybridized carbons (Fsp3) is 0.467. The lowest BCUT2D eigenvalue weighted by Crippen LogP contribution is -2.10. The Balaban J connectivity index is 3.63. The Hall–Kier alpha value is -2.44. The number of hydrogen-bond acceptors (Lipinski definition) is 5. The molecule has 1 N–H and O–H groups in total. The highest BCUT2D eigenvalue weighted by Gasteiger charge is 2.20. The largest absolute Gasteiger partial charge is 0.478 e. The number of nitro benzene ring substituents is 1. The summed E-state index contributed by atoms with van der Waals surface area (Å²) in [7, 11) is 0. The Morgan fingerprint density at radius 1 is 1.36 bits per heavy atom. The molecule has 120 valence electrons. The summed E-state index contributed by atoms with van der Waals surface area (Å²) in [5.74, 6) is -5.30. The van der Waals surface area contributed by atoms with Crippen molar-refractivity contribution in [2.45, 2.75) is 45.1 Å². The van der Waals surface area contributed by atoms with E-state index in [9.17, 15) is 19.7 Å². The van der Waals surface area contributed by atoms with E-state index >= 15 is 0 Å². The molecule has 0 fully saturated rings. The predicted octanol–water partition coefficient (Wildman–Crippen LogP) is 3.56. The van der Waals surface area contributed by atoms with Gasteiger partial charge in [0, 0.05) is 39.1 Å². The van der Waals surface area contributed by atoms with Gasteiger partial charge in [-0.15, -0.1) is 0 Å². The van der Waals surface area contributed by atoms with Crippen LogP contribution in [0.4, 0.5) is 5.69 Å². The summed E-state index contributed by atoms with van der Waals surface area (Å²) in [5.41, 5.74) is -1.78. The third-order valence-electron chi connectivity index (χ3n) is 2.02. The number of aromatic carboxylic acids is 1. The first-order valence-electron chi connectivity index (χ1n) is 12.9. The molecule has 0 radical (unpaired) electrons. The van der Waals surface area contributed by atoms with E-state index in [0.717, 1.165) is 6.07 Å². The molecule has 0 aliphatic heterocycles. The second-order valence-corrected chi connectivity index (χ2v) is 3.38. The summed E-state index contributed by atoms with van der Waals surface area (Å²) < 4.78 is 119. The topological polar surface area (TPSA) is 107 Å². The monoisotopic (exact) mass is 324 g/mol. The average Bonchev–Trinajstić information content (AvgIpc) is 2.71. The van der Waals surface area contributed by atoms with Gasteiger partial charge in [-0.25, -0.2) is 4.79 Å². The average molecular weight is 324 g/mol. The van der Waals surface area contributed by atoms with Crippen molar-refractivity contribution in [2.24, 2.45) is 0 Å². The smallest absolute Gasteiger partial charge is 0.335 e. The number of benzene rings is 1. The van der Waals surface area contributed by atoms with Crippen LogP contribution in [-0.4, -0.2) is 22.0 Å². The van der Waals surface area contributed by atoms with Crippen LogP contribution in [0.25, 0.3) is 0 Å². The Morgan fingerprint density at radius 3 is 2.73 bits per heavy atom. The van der Waals surface area contributed by atoms with Gasteiger partial charge in [0.25, 0.3) is 0 Å². The van der Waals surface area contributed by atoms with Crippen molar-refractivity contribution in [1.82, 2.24) is 0 Å². The molecule has 0 saturated heterocycles. The highest BCUT2D eigenvalue weighted by molar-refractivity contribution is 5.89. The van der Waals surface area contributed by atoms with Crippen LogP contribution in [0.3, 0.4) is 0 Å². The number of nitrogens with zero attached hydrogens (tertiary/aromatic N) is 1. The molecule has 22 heavy (non-hydrogen) atoms. The third-order valence-corrected chi connectivity index (χ3v) is 2.02. The molecule has 7 nitrogen and oxygen atoms in total. The number of nitro groups is 1. The normalized spacial score (nSPS) is 24.8. The van der Waals surface area contributed by atoms with Gasteiger partial charge in [-0.05, 0) is 12.4 Å². The molecule has 0 saturated carbocycles. The number of carbonyl (C=O) groups is 2. The van der Waals surface area contributed by atoms with Crippen LogP contribution in [0.5, 0.6) is 5.75 Å². The first kappa shape index (κ1) is 5.64. The van der Waals surface area contributed by atoms with Crippen LogP contribution < -0.4 is 4.74 Å². The van der Waals surface area contributed by atoms with Crippen molar-refractivity contribution < 1.29 is 44.9 Å². The summed E-state index contributed by atoms with van der Waals surface area (Å²) in [6, 6.07) is 1.68. The molecule has 0 bridgehead atoms. The Kier molecular flexibility index (Phi) is 2.25. The van der Waals surface area contributed by atoms with Crippen molar-refractivity contribution in [3.05, 3.63) is 33.9 Å². The van der Waals surface area contributed by atoms with Crippen LogP contribution in [0.15, 0.2) is 18.2 Å². The standard InChI is InChI=1S/C15H19NO6/c1-2-3-4-5-6-7-14(17)22-13-10-11(15(18)19)8-9-12(13)16(20)21/h8-10H,2-7H2,1H3,(H,18,19)/i1D3,2D2,3D2,4D2,5D2,6D2,7D2. The number of esters is 1. The van der Waals surface area contributed by atoms with E-state index in [-0.39, 0.29) is 0 Å². The predicted molar refractivity (Wildman–Crippen MR) is 79.1 cm³/mol. The number of rotatable bonds is 9. The number of carbonyl (C=O) groups excluding carboxylic acids is 1. The molecule has 0 aliphatic carbocycles. The van der Waals surface area contributed by atoms with E-state index in [1.165, 1.54) is 0 Å². The van der Waals surface area contributed by atoms with Crippen molar-refractivity contribution in [2.75, 3.05) is 0 Å². The molecule has 0 aliphatic rings. The van der Waals surface area contributed by atoms with Gasteiger partial charge in [0.15, 0.2) is 0 Å². The molecular formula is C15H19NO6.